The lowest BCUT2D eigenvalue weighted by molar-refractivity contribution is -0.138. The van der Waals surface area contributed by atoms with Crippen molar-refractivity contribution in [3.8, 4) is 0 Å². The van der Waals surface area contributed by atoms with E-state index in [0.29, 0.717) is 10.4 Å². The summed E-state index contributed by atoms with van der Waals surface area (Å²) in [6, 6.07) is 10.9. The molecule has 0 N–H and O–H groups in total. The van der Waals surface area contributed by atoms with E-state index in [1.54, 1.807) is 26.2 Å². The molecule has 5 heteroatoms. The van der Waals surface area contributed by atoms with Crippen LogP contribution in [-0.2, 0) is 9.53 Å². The maximum Gasteiger partial charge on any atom is 0.349 e. The lowest BCUT2D eigenvalue weighted by atomic mass is 10.1. The lowest BCUT2D eigenvalue weighted by Gasteiger charge is -2.21. The summed E-state index contributed by atoms with van der Waals surface area (Å²) in [5.41, 5.74) is 1.52. The van der Waals surface area contributed by atoms with Gasteiger partial charge in [-0.25, -0.2) is 4.79 Å². The number of rotatable bonds is 4. The monoisotopic (exact) mass is 303 g/mol. The van der Waals surface area contributed by atoms with E-state index in [0.717, 1.165) is 5.56 Å². The van der Waals surface area contributed by atoms with Gasteiger partial charge in [-0.15, -0.1) is 11.3 Å². The van der Waals surface area contributed by atoms with Gasteiger partial charge in [-0.2, -0.15) is 0 Å². The van der Waals surface area contributed by atoms with Gasteiger partial charge in [0.05, 0.1) is 0 Å². The SMILES string of the molecule is Cc1ccsc1C(=O)O[C@H](C(=O)N(C)C)c1ccccc1. The molecule has 2 rings (SSSR count). The lowest BCUT2D eigenvalue weighted by Crippen LogP contribution is -2.31. The van der Waals surface area contributed by atoms with E-state index < -0.39 is 12.1 Å². The standard InChI is InChI=1S/C16H17NO3S/c1-11-9-10-21-14(11)16(19)20-13(15(18)17(2)3)12-7-5-4-6-8-12/h4-10,13H,1-3H3/t13-/m0/s1. The fourth-order valence-electron chi connectivity index (χ4n) is 1.87. The number of thiophene rings is 1. The first-order valence-corrected chi connectivity index (χ1v) is 7.40. The van der Waals surface area contributed by atoms with E-state index in [9.17, 15) is 9.59 Å². The summed E-state index contributed by atoms with van der Waals surface area (Å²) in [4.78, 5) is 26.5. The van der Waals surface area contributed by atoms with Crippen molar-refractivity contribution in [1.29, 1.82) is 0 Å². The van der Waals surface area contributed by atoms with Gasteiger partial charge in [0.15, 0.2) is 0 Å². The molecular formula is C16H17NO3S. The highest BCUT2D eigenvalue weighted by atomic mass is 32.1. The highest BCUT2D eigenvalue weighted by molar-refractivity contribution is 7.12. The number of hydrogen-bond donors (Lipinski definition) is 0. The van der Waals surface area contributed by atoms with E-state index >= 15 is 0 Å². The summed E-state index contributed by atoms with van der Waals surface area (Å²) >= 11 is 1.32. The van der Waals surface area contributed by atoms with Crippen LogP contribution in [0.1, 0.15) is 26.9 Å². The van der Waals surface area contributed by atoms with Crippen LogP contribution in [0.5, 0.6) is 0 Å². The van der Waals surface area contributed by atoms with Gasteiger partial charge in [-0.3, -0.25) is 4.79 Å². The first kappa shape index (κ1) is 15.3. The van der Waals surface area contributed by atoms with E-state index in [1.165, 1.54) is 16.2 Å². The van der Waals surface area contributed by atoms with E-state index in [-0.39, 0.29) is 5.91 Å². The number of nitrogens with zero attached hydrogens (tertiary/aromatic N) is 1. The van der Waals surface area contributed by atoms with Gasteiger partial charge in [0.25, 0.3) is 5.91 Å². The number of esters is 1. The molecule has 110 valence electrons. The molecule has 1 heterocycles. The molecule has 0 aliphatic heterocycles. The summed E-state index contributed by atoms with van der Waals surface area (Å²) in [7, 11) is 3.28. The molecule has 1 aromatic carbocycles. The molecule has 4 nitrogen and oxygen atoms in total. The van der Waals surface area contributed by atoms with E-state index in [2.05, 4.69) is 0 Å². The van der Waals surface area contributed by atoms with Crippen LogP contribution in [0.2, 0.25) is 0 Å². The molecule has 0 bridgehead atoms. The Balaban J connectivity index is 2.27. The van der Waals surface area contributed by atoms with E-state index in [1.807, 2.05) is 36.6 Å². The van der Waals surface area contributed by atoms with Crippen LogP contribution in [0.15, 0.2) is 41.8 Å². The Bertz CT molecular complexity index is 634. The first-order chi connectivity index (χ1) is 10.0. The van der Waals surface area contributed by atoms with Gasteiger partial charge in [0, 0.05) is 19.7 Å². The molecule has 1 atom stereocenters. The van der Waals surface area contributed by atoms with Crippen molar-refractivity contribution in [2.24, 2.45) is 0 Å². The van der Waals surface area contributed by atoms with Crippen molar-refractivity contribution in [3.05, 3.63) is 57.8 Å². The number of carbonyl (C=O) groups excluding carboxylic acids is 2. The molecule has 0 aliphatic rings. The van der Waals surface area contributed by atoms with Crippen molar-refractivity contribution in [3.63, 3.8) is 0 Å². The number of amides is 1. The fourth-order valence-corrected chi connectivity index (χ4v) is 2.67. The second kappa shape index (κ2) is 6.54. The Morgan fingerprint density at radius 2 is 1.81 bits per heavy atom. The summed E-state index contributed by atoms with van der Waals surface area (Å²) < 4.78 is 5.47. The fraction of sp³-hybridized carbons (Fsp3) is 0.250. The molecule has 2 aromatic rings. The molecular weight excluding hydrogens is 286 g/mol. The molecule has 1 aromatic heterocycles. The van der Waals surface area contributed by atoms with Crippen molar-refractivity contribution >= 4 is 23.2 Å². The van der Waals surface area contributed by atoms with Crippen LogP contribution in [0, 0.1) is 6.92 Å². The predicted molar refractivity (Wildman–Crippen MR) is 82.3 cm³/mol. The van der Waals surface area contributed by atoms with Crippen molar-refractivity contribution in [2.75, 3.05) is 14.1 Å². The molecule has 0 fully saturated rings. The number of hydrogen-bond acceptors (Lipinski definition) is 4. The second-order valence-corrected chi connectivity index (χ2v) is 5.78. The molecule has 0 unspecified atom stereocenters. The molecule has 1 amide bonds. The number of aryl methyl sites for hydroxylation is 1. The van der Waals surface area contributed by atoms with Gasteiger partial charge in [0.1, 0.15) is 4.88 Å². The van der Waals surface area contributed by atoms with Crippen molar-refractivity contribution < 1.29 is 14.3 Å². The third-order valence-corrected chi connectivity index (χ3v) is 4.04. The van der Waals surface area contributed by atoms with Gasteiger partial charge < -0.3 is 9.64 Å². The number of ether oxygens (including phenoxy) is 1. The maximum absolute atomic E-state index is 12.3. The van der Waals surface area contributed by atoms with Gasteiger partial charge >= 0.3 is 5.97 Å². The van der Waals surface area contributed by atoms with Crippen LogP contribution in [0.4, 0.5) is 0 Å². The third kappa shape index (κ3) is 3.49. The normalized spacial score (nSPS) is 11.8. The van der Waals surface area contributed by atoms with Gasteiger partial charge in [-0.1, -0.05) is 30.3 Å². The summed E-state index contributed by atoms with van der Waals surface area (Å²) in [5.74, 6) is -0.727. The zero-order valence-corrected chi connectivity index (χ0v) is 13.0. The highest BCUT2D eigenvalue weighted by Crippen LogP contribution is 2.24. The highest BCUT2D eigenvalue weighted by Gasteiger charge is 2.27. The summed E-state index contributed by atoms with van der Waals surface area (Å²) in [6.07, 6.45) is -0.921. The number of carbonyl (C=O) groups is 2. The Morgan fingerprint density at radius 3 is 2.33 bits per heavy atom. The van der Waals surface area contributed by atoms with Crippen LogP contribution < -0.4 is 0 Å². The molecule has 0 radical (unpaired) electrons. The van der Waals surface area contributed by atoms with Crippen LogP contribution in [0.3, 0.4) is 0 Å². The molecule has 0 aliphatic carbocycles. The Morgan fingerprint density at radius 1 is 1.14 bits per heavy atom. The van der Waals surface area contributed by atoms with Gasteiger partial charge in [0.2, 0.25) is 6.10 Å². The van der Waals surface area contributed by atoms with Crippen LogP contribution >= 0.6 is 11.3 Å². The Labute approximate surface area is 128 Å². The minimum Gasteiger partial charge on any atom is -0.443 e. The van der Waals surface area contributed by atoms with Crippen molar-refractivity contribution in [1.82, 2.24) is 4.90 Å². The number of likely N-dealkylation sites (N-methyl/N-ethyl adjacent to an activating group) is 1. The van der Waals surface area contributed by atoms with Crippen molar-refractivity contribution in [2.45, 2.75) is 13.0 Å². The molecule has 0 saturated carbocycles. The molecule has 21 heavy (non-hydrogen) atoms. The Kier molecular flexibility index (Phi) is 4.75. The zero-order valence-electron chi connectivity index (χ0n) is 12.2. The molecule has 0 saturated heterocycles. The van der Waals surface area contributed by atoms with Gasteiger partial charge in [-0.05, 0) is 23.9 Å². The molecule has 0 spiro atoms. The third-order valence-electron chi connectivity index (χ3n) is 3.04. The Hall–Kier alpha value is -2.14. The van der Waals surface area contributed by atoms with Crippen LogP contribution in [-0.4, -0.2) is 30.9 Å². The first-order valence-electron chi connectivity index (χ1n) is 6.52. The minimum absolute atomic E-state index is 0.260. The maximum atomic E-state index is 12.3. The average Bonchev–Trinajstić information content (AvgIpc) is 2.91. The topological polar surface area (TPSA) is 46.6 Å². The number of benzene rings is 1. The summed E-state index contributed by atoms with van der Waals surface area (Å²) in [5, 5.41) is 1.83. The summed E-state index contributed by atoms with van der Waals surface area (Å²) in [6.45, 7) is 1.85. The predicted octanol–water partition coefficient (Wildman–Crippen LogP) is 3.04. The quantitative estimate of drug-likeness (QED) is 0.816. The second-order valence-electron chi connectivity index (χ2n) is 4.86. The van der Waals surface area contributed by atoms with E-state index in [4.69, 9.17) is 4.74 Å². The smallest absolute Gasteiger partial charge is 0.349 e. The zero-order chi connectivity index (χ0) is 15.4. The average molecular weight is 303 g/mol. The largest absolute Gasteiger partial charge is 0.443 e. The minimum atomic E-state index is -0.921. The van der Waals surface area contributed by atoms with Crippen LogP contribution in [0.25, 0.3) is 0 Å².